The summed E-state index contributed by atoms with van der Waals surface area (Å²) in [4.78, 5) is 24.5. The molecule has 0 fully saturated rings. The molecule has 0 bridgehead atoms. The summed E-state index contributed by atoms with van der Waals surface area (Å²) >= 11 is 0.985. The highest BCUT2D eigenvalue weighted by Gasteiger charge is 2.45. The Hall–Kier alpha value is -2.30. The molecule has 2 N–H and O–H groups in total. The Morgan fingerprint density at radius 1 is 1.33 bits per heavy atom. The lowest BCUT2D eigenvalue weighted by Gasteiger charge is -2.29. The van der Waals surface area contributed by atoms with E-state index in [9.17, 15) is 31.5 Å². The van der Waals surface area contributed by atoms with Gasteiger partial charge in [-0.05, 0) is 23.3 Å². The third-order valence-electron chi connectivity index (χ3n) is 3.60. The topological polar surface area (TPSA) is 67.4 Å². The van der Waals surface area contributed by atoms with Crippen LogP contribution in [0, 0.1) is 0 Å². The molecule has 0 aromatic heterocycles. The molecule has 11 heteroatoms. The van der Waals surface area contributed by atoms with Crippen molar-refractivity contribution in [2.75, 3.05) is 5.75 Å². The Balaban J connectivity index is 2.44. The summed E-state index contributed by atoms with van der Waals surface area (Å²) in [5, 5.41) is 1.79. The molecular weight excluding hydrogens is 395 g/mol. The number of carbonyl (C=O) groups excluding carboxylic acids is 2. The minimum atomic E-state index is -4.71. The van der Waals surface area contributed by atoms with Gasteiger partial charge >= 0.3 is 12.8 Å². The van der Waals surface area contributed by atoms with Crippen molar-refractivity contribution in [1.82, 2.24) is 10.0 Å². The zero-order chi connectivity index (χ0) is 20.2. The van der Waals surface area contributed by atoms with Gasteiger partial charge in [0, 0.05) is 12.2 Å². The van der Waals surface area contributed by atoms with Crippen molar-refractivity contribution in [3.8, 4) is 5.75 Å². The molecule has 0 spiro atoms. The first-order valence-electron chi connectivity index (χ1n) is 7.71. The van der Waals surface area contributed by atoms with Gasteiger partial charge in [-0.15, -0.1) is 0 Å². The van der Waals surface area contributed by atoms with Gasteiger partial charge < -0.3 is 10.1 Å². The van der Waals surface area contributed by atoms with Crippen molar-refractivity contribution >= 4 is 29.3 Å². The Morgan fingerprint density at radius 3 is 2.48 bits per heavy atom. The van der Waals surface area contributed by atoms with Crippen molar-refractivity contribution in [3.05, 3.63) is 35.4 Å². The zero-order valence-electron chi connectivity index (χ0n) is 13.9. The van der Waals surface area contributed by atoms with Gasteiger partial charge in [-0.2, -0.15) is 22.0 Å². The van der Waals surface area contributed by atoms with Crippen LogP contribution in [0.15, 0.2) is 29.8 Å². The van der Waals surface area contributed by atoms with E-state index in [0.29, 0.717) is 5.75 Å². The first-order valence-corrected chi connectivity index (χ1v) is 8.70. The number of nitrogens with one attached hydrogen (secondary N) is 2. The van der Waals surface area contributed by atoms with Gasteiger partial charge in [-0.1, -0.05) is 31.0 Å². The van der Waals surface area contributed by atoms with Crippen molar-refractivity contribution in [3.63, 3.8) is 0 Å². The van der Waals surface area contributed by atoms with E-state index < -0.39 is 42.6 Å². The number of halogens is 5. The predicted molar refractivity (Wildman–Crippen MR) is 88.9 cm³/mol. The predicted octanol–water partition coefficient (Wildman–Crippen LogP) is 3.28. The van der Waals surface area contributed by atoms with Gasteiger partial charge in [0.05, 0.1) is 0 Å². The van der Waals surface area contributed by atoms with E-state index >= 15 is 0 Å². The highest BCUT2D eigenvalue weighted by molar-refractivity contribution is 7.97. The Kier molecular flexibility index (Phi) is 6.68. The molecule has 1 atom stereocenters. The molecule has 1 heterocycles. The lowest BCUT2D eigenvalue weighted by molar-refractivity contribution is -0.160. The van der Waals surface area contributed by atoms with Crippen molar-refractivity contribution in [1.29, 1.82) is 0 Å². The Morgan fingerprint density at radius 2 is 1.96 bits per heavy atom. The molecule has 27 heavy (non-hydrogen) atoms. The molecule has 1 aliphatic heterocycles. The fraction of sp³-hybridized carbons (Fsp3) is 0.375. The van der Waals surface area contributed by atoms with Crippen LogP contribution in [0.4, 0.5) is 22.0 Å². The number of hydrogen-bond donors (Lipinski definition) is 2. The van der Waals surface area contributed by atoms with E-state index in [1.54, 1.807) is 12.2 Å². The molecular formula is C16H15F5N2O3S. The smallest absolute Gasteiger partial charge is 0.408 e. The van der Waals surface area contributed by atoms with E-state index in [1.165, 1.54) is 12.1 Å². The minimum Gasteiger partial charge on any atom is -0.435 e. The largest absolute Gasteiger partial charge is 0.435 e. The maximum atomic E-state index is 13.1. The lowest BCUT2D eigenvalue weighted by Crippen LogP contribution is -2.50. The van der Waals surface area contributed by atoms with Crippen LogP contribution in [0.25, 0.3) is 5.57 Å². The third-order valence-corrected chi connectivity index (χ3v) is 4.22. The molecule has 1 aromatic rings. The molecule has 0 saturated carbocycles. The Labute approximate surface area is 155 Å². The molecule has 2 rings (SSSR count). The minimum absolute atomic E-state index is 0.126. The van der Waals surface area contributed by atoms with E-state index in [4.69, 9.17) is 0 Å². The number of benzene rings is 1. The number of hydrogen-bond acceptors (Lipinski definition) is 4. The zero-order valence-corrected chi connectivity index (χ0v) is 14.7. The Bertz CT molecular complexity index is 735. The number of amides is 2. The molecule has 148 valence electrons. The second-order valence-corrected chi connectivity index (χ2v) is 6.46. The van der Waals surface area contributed by atoms with E-state index in [2.05, 4.69) is 9.46 Å². The summed E-state index contributed by atoms with van der Waals surface area (Å²) in [7, 11) is 0. The number of ether oxygens (including phenoxy) is 1. The summed E-state index contributed by atoms with van der Waals surface area (Å²) in [6, 6.07) is 2.53. The number of carbonyl (C=O) groups is 2. The monoisotopic (exact) mass is 410 g/mol. The first kappa shape index (κ1) is 21.0. The average Bonchev–Trinajstić information content (AvgIpc) is 2.58. The standard InChI is InChI=1S/C16H15F5N2O3S/c1-2-27-23-14(25)12-10(7-11(16(19,20)21)22-13(12)24)8-3-5-9(6-4-8)26-15(17)18/h3-6,11,15H,2,7H2,1H3,(H,22,24)(H,23,25). The van der Waals surface area contributed by atoms with E-state index in [0.717, 1.165) is 24.1 Å². The fourth-order valence-corrected chi connectivity index (χ4v) is 2.83. The van der Waals surface area contributed by atoms with Gasteiger partial charge in [-0.25, -0.2) is 0 Å². The van der Waals surface area contributed by atoms with Crippen LogP contribution >= 0.6 is 11.9 Å². The van der Waals surface area contributed by atoms with E-state index in [-0.39, 0.29) is 16.9 Å². The van der Waals surface area contributed by atoms with Gasteiger partial charge in [0.25, 0.3) is 11.8 Å². The molecule has 5 nitrogen and oxygen atoms in total. The van der Waals surface area contributed by atoms with Crippen LogP contribution in [0.1, 0.15) is 18.9 Å². The van der Waals surface area contributed by atoms with Crippen LogP contribution in [0.5, 0.6) is 5.75 Å². The highest BCUT2D eigenvalue weighted by Crippen LogP contribution is 2.35. The molecule has 1 aliphatic rings. The summed E-state index contributed by atoms with van der Waals surface area (Å²) < 4.78 is 70.3. The average molecular weight is 410 g/mol. The fourth-order valence-electron chi connectivity index (χ4n) is 2.45. The molecule has 2 amide bonds. The van der Waals surface area contributed by atoms with Crippen LogP contribution in [-0.4, -0.2) is 36.4 Å². The van der Waals surface area contributed by atoms with Crippen molar-refractivity contribution < 1.29 is 36.3 Å². The van der Waals surface area contributed by atoms with E-state index in [1.807, 2.05) is 0 Å². The van der Waals surface area contributed by atoms with Gasteiger partial charge in [-0.3, -0.25) is 14.3 Å². The normalized spacial score (nSPS) is 17.7. The van der Waals surface area contributed by atoms with Gasteiger partial charge in [0.1, 0.15) is 17.4 Å². The quantitative estimate of drug-likeness (QED) is 0.429. The molecule has 1 aromatic carbocycles. The summed E-state index contributed by atoms with van der Waals surface area (Å²) in [6.07, 6.45) is -5.37. The van der Waals surface area contributed by atoms with Crippen LogP contribution in [0.3, 0.4) is 0 Å². The maximum absolute atomic E-state index is 13.1. The van der Waals surface area contributed by atoms with Crippen molar-refractivity contribution in [2.45, 2.75) is 32.2 Å². The van der Waals surface area contributed by atoms with Crippen LogP contribution < -0.4 is 14.8 Å². The molecule has 0 radical (unpaired) electrons. The molecule has 0 saturated heterocycles. The lowest BCUT2D eigenvalue weighted by atomic mass is 9.89. The van der Waals surface area contributed by atoms with Crippen LogP contribution in [-0.2, 0) is 9.59 Å². The number of rotatable bonds is 6. The van der Waals surface area contributed by atoms with Gasteiger partial charge in [0.15, 0.2) is 0 Å². The molecule has 1 unspecified atom stereocenters. The maximum Gasteiger partial charge on any atom is 0.408 e. The molecule has 0 aliphatic carbocycles. The third kappa shape index (κ3) is 5.34. The van der Waals surface area contributed by atoms with Crippen molar-refractivity contribution in [2.24, 2.45) is 0 Å². The summed E-state index contributed by atoms with van der Waals surface area (Å²) in [5.74, 6) is -1.70. The highest BCUT2D eigenvalue weighted by atomic mass is 32.2. The number of alkyl halides is 5. The first-order chi connectivity index (χ1) is 12.6. The second-order valence-electron chi connectivity index (χ2n) is 5.39. The summed E-state index contributed by atoms with van der Waals surface area (Å²) in [6.45, 7) is -1.32. The van der Waals surface area contributed by atoms with Crippen LogP contribution in [0.2, 0.25) is 0 Å². The second kappa shape index (κ2) is 8.59. The summed E-state index contributed by atoms with van der Waals surface area (Å²) in [5.41, 5.74) is -0.440. The SMILES string of the molecule is CCSNC(=O)C1=C(c2ccc(OC(F)F)cc2)CC(C(F)(F)F)NC1=O. The van der Waals surface area contributed by atoms with Gasteiger partial charge in [0.2, 0.25) is 0 Å².